The van der Waals surface area contributed by atoms with Gasteiger partial charge in [-0.15, -0.1) is 11.8 Å². The fraction of sp³-hybridized carbons (Fsp3) is 0.318. The van der Waals surface area contributed by atoms with Crippen LogP contribution >= 0.6 is 11.8 Å². The molecule has 0 aromatic heterocycles. The number of alkyl halides is 3. The first-order valence-electron chi connectivity index (χ1n) is 9.38. The predicted molar refractivity (Wildman–Crippen MR) is 122 cm³/mol. The largest absolute Gasteiger partial charge is 0.416 e. The van der Waals surface area contributed by atoms with E-state index in [2.05, 4.69) is 15.6 Å². The van der Waals surface area contributed by atoms with Crippen molar-refractivity contribution < 1.29 is 27.6 Å². The Morgan fingerprint density at radius 1 is 1.19 bits per heavy atom. The maximum absolute atomic E-state index is 12.9. The smallest absolute Gasteiger partial charge is 0.399 e. The molecular formula is C22H26F3N3O3S. The number of carbonyl (C=O) groups is 1. The molecule has 0 spiro atoms. The van der Waals surface area contributed by atoms with Crippen LogP contribution in [-0.4, -0.2) is 37.6 Å². The van der Waals surface area contributed by atoms with Gasteiger partial charge in [-0.25, -0.2) is 0 Å². The number of carbonyl (C=O) groups excluding carboxylic acids is 1. The van der Waals surface area contributed by atoms with Crippen molar-refractivity contribution in [3.63, 3.8) is 0 Å². The molecular weight excluding hydrogens is 443 g/mol. The Bertz CT molecular complexity index is 948. The third-order valence-corrected chi connectivity index (χ3v) is 4.83. The van der Waals surface area contributed by atoms with Gasteiger partial charge < -0.3 is 15.0 Å². The highest BCUT2D eigenvalue weighted by Crippen LogP contribution is 2.30. The molecule has 32 heavy (non-hydrogen) atoms. The summed E-state index contributed by atoms with van der Waals surface area (Å²) in [7, 11) is 3.03. The molecule has 0 radical (unpaired) electrons. The van der Waals surface area contributed by atoms with Crippen LogP contribution in [0.1, 0.15) is 34.7 Å². The zero-order chi connectivity index (χ0) is 24.1. The topological polar surface area (TPSA) is 72.3 Å². The highest BCUT2D eigenvalue weighted by Gasteiger charge is 2.30. The van der Waals surface area contributed by atoms with Gasteiger partial charge in [-0.3, -0.25) is 4.79 Å². The van der Waals surface area contributed by atoms with Crippen LogP contribution in [0.15, 0.2) is 52.8 Å². The normalized spacial score (nSPS) is 11.9. The molecule has 174 valence electrons. The number of benzene rings is 2. The summed E-state index contributed by atoms with van der Waals surface area (Å²) in [6, 6.07) is 10.8. The summed E-state index contributed by atoms with van der Waals surface area (Å²) in [5.41, 5.74) is 3.06. The minimum atomic E-state index is -4.41. The summed E-state index contributed by atoms with van der Waals surface area (Å²) >= 11 is 1.21. The van der Waals surface area contributed by atoms with Crippen LogP contribution in [0.25, 0.3) is 0 Å². The van der Waals surface area contributed by atoms with Crippen LogP contribution in [0.4, 0.5) is 13.2 Å². The van der Waals surface area contributed by atoms with Gasteiger partial charge in [0, 0.05) is 23.7 Å². The minimum Gasteiger partial charge on any atom is -0.399 e. The summed E-state index contributed by atoms with van der Waals surface area (Å²) < 4.78 is 38.8. The van der Waals surface area contributed by atoms with Crippen molar-refractivity contribution in [1.29, 1.82) is 0 Å². The van der Waals surface area contributed by atoms with Gasteiger partial charge in [-0.2, -0.15) is 13.2 Å². The predicted octanol–water partition coefficient (Wildman–Crippen LogP) is 4.99. The van der Waals surface area contributed by atoms with Gasteiger partial charge in [-0.1, -0.05) is 40.6 Å². The molecule has 0 unspecified atom stereocenters. The standard InChI is InChI=1S/C20H21F3N2O2S.C2H5NO/c1-13-7-5-10-17(14(2)24-26-3)18(13)12-27-25-19(28-4)15-8-6-9-16(11-15)20(21,22)23;1-3-2-4/h5-11H,12H2,1-4H3;2H,1H3,(H,3,4)/b24-14-,25-19-;. The molecule has 0 aliphatic heterocycles. The Balaban J connectivity index is 0.00000118. The molecule has 0 fully saturated rings. The van der Waals surface area contributed by atoms with Crippen LogP contribution in [0.2, 0.25) is 0 Å². The second-order valence-electron chi connectivity index (χ2n) is 6.32. The number of amides is 1. The van der Waals surface area contributed by atoms with E-state index in [0.29, 0.717) is 22.7 Å². The molecule has 0 bridgehead atoms. The number of oxime groups is 2. The summed E-state index contributed by atoms with van der Waals surface area (Å²) in [5, 5.41) is 10.6. The van der Waals surface area contributed by atoms with E-state index in [-0.39, 0.29) is 6.61 Å². The molecule has 2 aromatic rings. The molecule has 1 N–H and O–H groups in total. The minimum absolute atomic E-state index is 0.154. The van der Waals surface area contributed by atoms with Crippen molar-refractivity contribution in [2.75, 3.05) is 20.4 Å². The van der Waals surface area contributed by atoms with E-state index in [1.54, 1.807) is 19.4 Å². The second-order valence-corrected chi connectivity index (χ2v) is 7.11. The Hall–Kier alpha value is -3.01. The zero-order valence-corrected chi connectivity index (χ0v) is 19.3. The highest BCUT2D eigenvalue weighted by molar-refractivity contribution is 8.13. The SMILES string of the molecule is CNC=O.CO/N=C(/C)c1cccc(C)c1CO/N=C(\SC)c1cccc(C(F)(F)F)c1. The van der Waals surface area contributed by atoms with Gasteiger partial charge in [0.15, 0.2) is 0 Å². The van der Waals surface area contributed by atoms with Crippen LogP contribution in [-0.2, 0) is 27.3 Å². The first kappa shape index (κ1) is 27.0. The lowest BCUT2D eigenvalue weighted by Crippen LogP contribution is -2.07. The number of rotatable bonds is 7. The summed E-state index contributed by atoms with van der Waals surface area (Å²) in [6.45, 7) is 3.91. The average molecular weight is 470 g/mol. The van der Waals surface area contributed by atoms with Crippen molar-refractivity contribution in [2.24, 2.45) is 10.3 Å². The Kier molecular flexibility index (Phi) is 11.3. The van der Waals surface area contributed by atoms with E-state index in [1.807, 2.05) is 32.0 Å². The molecule has 2 aromatic carbocycles. The van der Waals surface area contributed by atoms with Gasteiger partial charge in [0.05, 0.1) is 11.3 Å². The number of thioether (sulfide) groups is 1. The summed E-state index contributed by atoms with van der Waals surface area (Å²) in [5.74, 6) is 0. The number of hydrogen-bond donors (Lipinski definition) is 1. The Morgan fingerprint density at radius 2 is 1.84 bits per heavy atom. The highest BCUT2D eigenvalue weighted by atomic mass is 32.2. The lowest BCUT2D eigenvalue weighted by Gasteiger charge is -2.12. The number of nitrogens with zero attached hydrogens (tertiary/aromatic N) is 2. The van der Waals surface area contributed by atoms with Crippen LogP contribution in [0.5, 0.6) is 0 Å². The number of hydrogen-bond acceptors (Lipinski definition) is 6. The van der Waals surface area contributed by atoms with E-state index in [4.69, 9.17) is 14.5 Å². The van der Waals surface area contributed by atoms with Crippen molar-refractivity contribution in [2.45, 2.75) is 26.6 Å². The molecule has 1 amide bonds. The fourth-order valence-electron chi connectivity index (χ4n) is 2.61. The monoisotopic (exact) mass is 469 g/mol. The molecule has 0 aliphatic carbocycles. The molecule has 0 saturated carbocycles. The lowest BCUT2D eigenvalue weighted by molar-refractivity contribution is -0.137. The average Bonchev–Trinajstić information content (AvgIpc) is 2.77. The third-order valence-electron chi connectivity index (χ3n) is 4.13. The molecule has 0 aliphatic rings. The molecule has 0 heterocycles. The zero-order valence-electron chi connectivity index (χ0n) is 18.5. The number of nitrogens with one attached hydrogen (secondary N) is 1. The summed E-state index contributed by atoms with van der Waals surface area (Å²) in [4.78, 5) is 19.4. The Morgan fingerprint density at radius 3 is 2.41 bits per heavy atom. The van der Waals surface area contributed by atoms with Crippen molar-refractivity contribution in [1.82, 2.24) is 5.32 Å². The first-order valence-corrected chi connectivity index (χ1v) is 10.6. The van der Waals surface area contributed by atoms with Crippen molar-refractivity contribution >= 4 is 28.9 Å². The molecule has 6 nitrogen and oxygen atoms in total. The number of aryl methyl sites for hydroxylation is 1. The number of halogens is 3. The maximum Gasteiger partial charge on any atom is 0.416 e. The fourth-order valence-corrected chi connectivity index (χ4v) is 3.10. The molecule has 2 rings (SSSR count). The van der Waals surface area contributed by atoms with Gasteiger partial charge in [0.25, 0.3) is 0 Å². The quantitative estimate of drug-likeness (QED) is 0.268. The van der Waals surface area contributed by atoms with E-state index >= 15 is 0 Å². The maximum atomic E-state index is 12.9. The Labute approximate surface area is 189 Å². The second kappa shape index (κ2) is 13.4. The van der Waals surface area contributed by atoms with Crippen LogP contribution in [0.3, 0.4) is 0 Å². The molecule has 0 atom stereocenters. The first-order chi connectivity index (χ1) is 15.2. The van der Waals surface area contributed by atoms with E-state index in [9.17, 15) is 13.2 Å². The van der Waals surface area contributed by atoms with E-state index in [0.717, 1.165) is 28.8 Å². The van der Waals surface area contributed by atoms with Crippen molar-refractivity contribution in [3.8, 4) is 0 Å². The van der Waals surface area contributed by atoms with Crippen molar-refractivity contribution in [3.05, 3.63) is 70.3 Å². The van der Waals surface area contributed by atoms with Gasteiger partial charge in [0.1, 0.15) is 18.8 Å². The summed E-state index contributed by atoms with van der Waals surface area (Å²) in [6.07, 6.45) is -2.05. The lowest BCUT2D eigenvalue weighted by atomic mass is 10.00. The van der Waals surface area contributed by atoms with E-state index in [1.165, 1.54) is 24.9 Å². The van der Waals surface area contributed by atoms with Gasteiger partial charge in [-0.05, 0) is 37.8 Å². The molecule has 10 heteroatoms. The third kappa shape index (κ3) is 8.26. The van der Waals surface area contributed by atoms with E-state index < -0.39 is 11.7 Å². The van der Waals surface area contributed by atoms with Gasteiger partial charge >= 0.3 is 6.18 Å². The molecule has 0 saturated heterocycles. The van der Waals surface area contributed by atoms with Crippen LogP contribution in [0, 0.1) is 6.92 Å². The van der Waals surface area contributed by atoms with Gasteiger partial charge in [0.2, 0.25) is 6.41 Å². The van der Waals surface area contributed by atoms with Crippen LogP contribution < -0.4 is 5.32 Å².